The number of amides is 1. The quantitative estimate of drug-likeness (QED) is 0.571. The van der Waals surface area contributed by atoms with Crippen LogP contribution >= 0.6 is 11.3 Å². The second-order valence-electron chi connectivity index (χ2n) is 6.56. The van der Waals surface area contributed by atoms with Gasteiger partial charge in [0.25, 0.3) is 0 Å². The summed E-state index contributed by atoms with van der Waals surface area (Å²) in [5, 5.41) is 5.69. The third-order valence-corrected chi connectivity index (χ3v) is 7.11. The lowest BCUT2D eigenvalue weighted by Crippen LogP contribution is -2.13. The number of thiophene rings is 1. The highest BCUT2D eigenvalue weighted by Crippen LogP contribution is 2.31. The molecule has 152 valence electrons. The Morgan fingerprint density at radius 1 is 1.10 bits per heavy atom. The first-order chi connectivity index (χ1) is 13.9. The monoisotopic (exact) mass is 429 g/mol. The third kappa shape index (κ3) is 5.32. The number of anilines is 1. The first kappa shape index (κ1) is 21.2. The van der Waals surface area contributed by atoms with Crippen LogP contribution in [0.25, 0.3) is 11.1 Å². The van der Waals surface area contributed by atoms with E-state index in [1.165, 1.54) is 11.3 Å². The number of ether oxygens (including phenoxy) is 1. The lowest BCUT2D eigenvalue weighted by atomic mass is 10.0. The molecule has 0 bridgehead atoms. The van der Waals surface area contributed by atoms with E-state index in [4.69, 9.17) is 4.74 Å². The van der Waals surface area contributed by atoms with Gasteiger partial charge in [-0.25, -0.2) is 8.42 Å². The number of methoxy groups -OCH3 is 1. The predicted octanol–water partition coefficient (Wildman–Crippen LogP) is 4.54. The van der Waals surface area contributed by atoms with E-state index in [0.29, 0.717) is 6.61 Å². The largest absolute Gasteiger partial charge is 0.380 e. The first-order valence-electron chi connectivity index (χ1n) is 9.20. The summed E-state index contributed by atoms with van der Waals surface area (Å²) >= 11 is 1.47. The highest BCUT2D eigenvalue weighted by atomic mass is 32.2. The molecule has 0 aliphatic heterocycles. The molecule has 0 unspecified atom stereocenters. The van der Waals surface area contributed by atoms with Crippen LogP contribution in [0.15, 0.2) is 64.9 Å². The summed E-state index contributed by atoms with van der Waals surface area (Å²) in [6, 6.07) is 16.4. The maximum Gasteiger partial charge on any atom is 0.229 e. The Morgan fingerprint density at radius 3 is 2.52 bits per heavy atom. The van der Waals surface area contributed by atoms with Crippen molar-refractivity contribution >= 4 is 32.1 Å². The number of hydrogen-bond donors (Lipinski definition) is 1. The van der Waals surface area contributed by atoms with E-state index in [2.05, 4.69) is 5.32 Å². The van der Waals surface area contributed by atoms with Gasteiger partial charge >= 0.3 is 0 Å². The average molecular weight is 430 g/mol. The topological polar surface area (TPSA) is 72.5 Å². The fourth-order valence-corrected chi connectivity index (χ4v) is 4.68. The molecule has 0 saturated carbocycles. The maximum absolute atomic E-state index is 12.4. The molecule has 3 aromatic rings. The number of hydrogen-bond acceptors (Lipinski definition) is 5. The van der Waals surface area contributed by atoms with Crippen molar-refractivity contribution in [3.05, 3.63) is 71.1 Å². The fraction of sp³-hybridized carbons (Fsp3) is 0.227. The summed E-state index contributed by atoms with van der Waals surface area (Å²) in [6.07, 6.45) is 0.181. The van der Waals surface area contributed by atoms with Gasteiger partial charge in [-0.15, -0.1) is 11.3 Å². The maximum atomic E-state index is 12.4. The minimum Gasteiger partial charge on any atom is -0.380 e. The predicted molar refractivity (Wildman–Crippen MR) is 117 cm³/mol. The highest BCUT2D eigenvalue weighted by Gasteiger charge is 2.13. The van der Waals surface area contributed by atoms with Crippen LogP contribution in [0.3, 0.4) is 0 Å². The summed E-state index contributed by atoms with van der Waals surface area (Å²) in [6.45, 7) is 2.14. The van der Waals surface area contributed by atoms with E-state index < -0.39 is 9.84 Å². The Balaban J connectivity index is 1.67. The number of carbonyl (C=O) groups is 1. The molecule has 2 aromatic carbocycles. The van der Waals surface area contributed by atoms with Crippen LogP contribution in [0, 0.1) is 0 Å². The van der Waals surface area contributed by atoms with Crippen LogP contribution in [0.2, 0.25) is 0 Å². The molecule has 0 aliphatic carbocycles. The lowest BCUT2D eigenvalue weighted by Gasteiger charge is -2.07. The molecule has 7 heteroatoms. The number of nitrogens with one attached hydrogen (secondary N) is 1. The second kappa shape index (κ2) is 9.35. The van der Waals surface area contributed by atoms with Gasteiger partial charge in [-0.05, 0) is 40.5 Å². The van der Waals surface area contributed by atoms with E-state index in [0.717, 1.165) is 27.3 Å². The summed E-state index contributed by atoms with van der Waals surface area (Å²) in [7, 11) is -1.56. The van der Waals surface area contributed by atoms with E-state index in [9.17, 15) is 13.2 Å². The minimum atomic E-state index is -3.23. The van der Waals surface area contributed by atoms with E-state index in [1.807, 2.05) is 35.7 Å². The van der Waals surface area contributed by atoms with Gasteiger partial charge in [0.15, 0.2) is 9.84 Å². The Morgan fingerprint density at radius 2 is 1.83 bits per heavy atom. The second-order valence-corrected chi connectivity index (χ2v) is 9.75. The minimum absolute atomic E-state index is 0.0566. The molecule has 29 heavy (non-hydrogen) atoms. The molecule has 0 saturated heterocycles. The Bertz CT molecular complexity index is 1090. The van der Waals surface area contributed by atoms with Crippen LogP contribution < -0.4 is 5.32 Å². The molecule has 5 nitrogen and oxygen atoms in total. The summed E-state index contributed by atoms with van der Waals surface area (Å²) in [5.74, 6) is -0.0872. The number of benzene rings is 2. The van der Waals surface area contributed by atoms with Crippen LogP contribution in [0.1, 0.15) is 18.1 Å². The molecule has 1 amide bonds. The van der Waals surface area contributed by atoms with Crippen molar-refractivity contribution < 1.29 is 17.9 Å². The van der Waals surface area contributed by atoms with E-state index >= 15 is 0 Å². The molecule has 0 spiro atoms. The van der Waals surface area contributed by atoms with Gasteiger partial charge in [-0.3, -0.25) is 4.79 Å². The van der Waals surface area contributed by atoms with Crippen LogP contribution in [0.5, 0.6) is 0 Å². The van der Waals surface area contributed by atoms with Gasteiger partial charge in [-0.1, -0.05) is 43.3 Å². The molecule has 3 rings (SSSR count). The Hall–Kier alpha value is -2.48. The smallest absolute Gasteiger partial charge is 0.229 e. The van der Waals surface area contributed by atoms with Gasteiger partial charge in [0.1, 0.15) is 0 Å². The van der Waals surface area contributed by atoms with Crippen molar-refractivity contribution in [3.63, 3.8) is 0 Å². The SMILES string of the molecule is CCS(=O)(=O)c1ccc(CC(=O)Nc2cc(-c3ccccc3COC)cs2)cc1. The first-order valence-corrected chi connectivity index (χ1v) is 11.7. The Kier molecular flexibility index (Phi) is 6.84. The van der Waals surface area contributed by atoms with Crippen molar-refractivity contribution in [2.24, 2.45) is 0 Å². The molecule has 0 atom stereocenters. The van der Waals surface area contributed by atoms with E-state index in [1.54, 1.807) is 38.3 Å². The molecule has 1 aromatic heterocycles. The van der Waals surface area contributed by atoms with Gasteiger partial charge in [-0.2, -0.15) is 0 Å². The number of rotatable bonds is 8. The lowest BCUT2D eigenvalue weighted by molar-refractivity contribution is -0.115. The summed E-state index contributed by atoms with van der Waals surface area (Å²) in [5.41, 5.74) is 3.97. The van der Waals surface area contributed by atoms with Crippen molar-refractivity contribution in [1.82, 2.24) is 0 Å². The van der Waals surface area contributed by atoms with Crippen molar-refractivity contribution in [3.8, 4) is 11.1 Å². The Labute approximate surface area is 175 Å². The van der Waals surface area contributed by atoms with E-state index in [-0.39, 0.29) is 23.0 Å². The molecule has 0 aliphatic rings. The molecule has 1 heterocycles. The van der Waals surface area contributed by atoms with Crippen LogP contribution in [0.4, 0.5) is 5.00 Å². The molecule has 1 N–H and O–H groups in total. The molecule has 0 fully saturated rings. The van der Waals surface area contributed by atoms with Gasteiger partial charge in [0.05, 0.1) is 28.7 Å². The van der Waals surface area contributed by atoms with Crippen LogP contribution in [-0.2, 0) is 32.4 Å². The van der Waals surface area contributed by atoms with Gasteiger partial charge in [0, 0.05) is 12.5 Å². The highest BCUT2D eigenvalue weighted by molar-refractivity contribution is 7.91. The van der Waals surface area contributed by atoms with Gasteiger partial charge < -0.3 is 10.1 Å². The molecular formula is C22H23NO4S2. The standard InChI is InChI=1S/C22H23NO4S2/c1-3-29(25,26)19-10-8-16(9-11-19)12-21(24)23-22-13-18(15-28-22)20-7-5-4-6-17(20)14-27-2/h4-11,13,15H,3,12,14H2,1-2H3,(H,23,24). The fourth-order valence-electron chi connectivity index (χ4n) is 2.97. The zero-order chi connectivity index (χ0) is 20.9. The van der Waals surface area contributed by atoms with Crippen molar-refractivity contribution in [2.75, 3.05) is 18.2 Å². The normalized spacial score (nSPS) is 11.4. The zero-order valence-corrected chi connectivity index (χ0v) is 18.0. The summed E-state index contributed by atoms with van der Waals surface area (Å²) in [4.78, 5) is 12.7. The number of carbonyl (C=O) groups excluding carboxylic acids is 1. The molecule has 0 radical (unpaired) electrons. The third-order valence-electron chi connectivity index (χ3n) is 4.52. The average Bonchev–Trinajstić information content (AvgIpc) is 3.17. The van der Waals surface area contributed by atoms with Crippen molar-refractivity contribution in [1.29, 1.82) is 0 Å². The molecular weight excluding hydrogens is 406 g/mol. The zero-order valence-electron chi connectivity index (χ0n) is 16.3. The number of sulfone groups is 1. The van der Waals surface area contributed by atoms with Crippen molar-refractivity contribution in [2.45, 2.75) is 24.8 Å². The summed E-state index contributed by atoms with van der Waals surface area (Å²) < 4.78 is 29.0. The van der Waals surface area contributed by atoms with Crippen LogP contribution in [-0.4, -0.2) is 27.2 Å². The van der Waals surface area contributed by atoms with Gasteiger partial charge in [0.2, 0.25) is 5.91 Å².